The number of H-pyrrole nitrogens is 2. The molecule has 0 aromatic carbocycles. The minimum absolute atomic E-state index is 0.0846. The topological polar surface area (TPSA) is 82.8 Å². The van der Waals surface area contributed by atoms with Crippen LogP contribution in [0.15, 0.2) is 15.7 Å². The van der Waals surface area contributed by atoms with Crippen molar-refractivity contribution in [2.45, 2.75) is 46.0 Å². The monoisotopic (exact) mass is 276 g/mol. The molecule has 20 heavy (non-hydrogen) atoms. The van der Waals surface area contributed by atoms with E-state index in [0.29, 0.717) is 23.6 Å². The predicted molar refractivity (Wildman–Crippen MR) is 77.7 cm³/mol. The maximum absolute atomic E-state index is 12.0. The van der Waals surface area contributed by atoms with Gasteiger partial charge in [0.1, 0.15) is 0 Å². The summed E-state index contributed by atoms with van der Waals surface area (Å²) in [5.41, 5.74) is 0.725. The summed E-state index contributed by atoms with van der Waals surface area (Å²) in [7, 11) is 0. The molecule has 0 radical (unpaired) electrons. The second-order valence-corrected chi connectivity index (χ2v) is 5.52. The van der Waals surface area contributed by atoms with Gasteiger partial charge in [0.2, 0.25) is 0 Å². The number of carbonyl (C=O) groups excluding carboxylic acids is 1. The van der Waals surface area contributed by atoms with Gasteiger partial charge < -0.3 is 4.98 Å². The van der Waals surface area contributed by atoms with Crippen LogP contribution in [0.2, 0.25) is 0 Å². The standard InChI is InChI=1S/C15H20N2O3/c1-9(18)8-12(7-6-11-4-3-5-11)13-10(2)16-15(20)17-14(13)19/h8,11H,3-7H2,1-2H3,(H2,16,17,19,20)/b12-8-. The zero-order valence-electron chi connectivity index (χ0n) is 11.9. The molecule has 0 unspecified atom stereocenters. The fraction of sp³-hybridized carbons (Fsp3) is 0.533. The first kappa shape index (κ1) is 14.5. The number of hydrogen-bond donors (Lipinski definition) is 2. The van der Waals surface area contributed by atoms with Crippen LogP contribution in [0.4, 0.5) is 0 Å². The first-order chi connectivity index (χ1) is 9.47. The zero-order chi connectivity index (χ0) is 14.7. The summed E-state index contributed by atoms with van der Waals surface area (Å²) in [4.78, 5) is 39.4. The van der Waals surface area contributed by atoms with Gasteiger partial charge in [-0.15, -0.1) is 0 Å². The average molecular weight is 276 g/mol. The lowest BCUT2D eigenvalue weighted by Gasteiger charge is -2.25. The highest BCUT2D eigenvalue weighted by Crippen LogP contribution is 2.33. The van der Waals surface area contributed by atoms with Crippen LogP contribution in [0.5, 0.6) is 0 Å². The first-order valence-corrected chi connectivity index (χ1v) is 7.02. The highest BCUT2D eigenvalue weighted by molar-refractivity contribution is 5.95. The van der Waals surface area contributed by atoms with Crippen LogP contribution in [-0.2, 0) is 4.79 Å². The molecule has 1 fully saturated rings. The Balaban J connectivity index is 2.33. The van der Waals surface area contributed by atoms with E-state index in [4.69, 9.17) is 0 Å². The highest BCUT2D eigenvalue weighted by atomic mass is 16.2. The second-order valence-electron chi connectivity index (χ2n) is 5.52. The molecule has 1 aliphatic rings. The van der Waals surface area contributed by atoms with Crippen LogP contribution < -0.4 is 11.2 Å². The van der Waals surface area contributed by atoms with E-state index in [0.717, 1.165) is 12.0 Å². The van der Waals surface area contributed by atoms with E-state index in [1.165, 1.54) is 32.3 Å². The van der Waals surface area contributed by atoms with Gasteiger partial charge in [0, 0.05) is 5.69 Å². The number of aromatic amines is 2. The number of nitrogens with one attached hydrogen (secondary N) is 2. The van der Waals surface area contributed by atoms with E-state index in [1.54, 1.807) is 6.92 Å². The van der Waals surface area contributed by atoms with E-state index >= 15 is 0 Å². The van der Waals surface area contributed by atoms with Crippen molar-refractivity contribution >= 4 is 11.4 Å². The molecule has 1 aliphatic carbocycles. The molecule has 0 amide bonds. The Kier molecular flexibility index (Phi) is 4.37. The lowest BCUT2D eigenvalue weighted by molar-refractivity contribution is -0.112. The minimum atomic E-state index is -0.516. The molecule has 2 N–H and O–H groups in total. The van der Waals surface area contributed by atoms with Crippen molar-refractivity contribution in [2.24, 2.45) is 5.92 Å². The predicted octanol–water partition coefficient (Wildman–Crippen LogP) is 1.92. The molecule has 0 bridgehead atoms. The van der Waals surface area contributed by atoms with Gasteiger partial charge in [0.05, 0.1) is 5.56 Å². The summed E-state index contributed by atoms with van der Waals surface area (Å²) in [5.74, 6) is 0.617. The van der Waals surface area contributed by atoms with E-state index in [-0.39, 0.29) is 5.78 Å². The normalized spacial score (nSPS) is 16.0. The van der Waals surface area contributed by atoms with Gasteiger partial charge in [-0.2, -0.15) is 0 Å². The van der Waals surface area contributed by atoms with Crippen molar-refractivity contribution in [1.29, 1.82) is 0 Å². The quantitative estimate of drug-likeness (QED) is 0.806. The van der Waals surface area contributed by atoms with Crippen molar-refractivity contribution in [1.82, 2.24) is 9.97 Å². The lowest BCUT2D eigenvalue weighted by Crippen LogP contribution is -2.27. The average Bonchev–Trinajstić information content (AvgIpc) is 2.24. The van der Waals surface area contributed by atoms with Crippen LogP contribution in [0.3, 0.4) is 0 Å². The Bertz CT molecular complexity index is 648. The number of hydrogen-bond acceptors (Lipinski definition) is 3. The molecule has 1 aromatic heterocycles. The molecule has 1 saturated carbocycles. The molecular formula is C15H20N2O3. The largest absolute Gasteiger partial charge is 0.325 e. The summed E-state index contributed by atoms with van der Waals surface area (Å²) < 4.78 is 0. The van der Waals surface area contributed by atoms with Crippen molar-refractivity contribution in [2.75, 3.05) is 0 Å². The van der Waals surface area contributed by atoms with E-state index < -0.39 is 11.2 Å². The summed E-state index contributed by atoms with van der Waals surface area (Å²) in [6.45, 7) is 3.15. The molecule has 0 saturated heterocycles. The molecule has 0 aliphatic heterocycles. The van der Waals surface area contributed by atoms with Crippen LogP contribution in [0.25, 0.3) is 5.57 Å². The third-order valence-electron chi connectivity index (χ3n) is 3.88. The van der Waals surface area contributed by atoms with Crippen LogP contribution >= 0.6 is 0 Å². The number of allylic oxidation sites excluding steroid dienone is 2. The van der Waals surface area contributed by atoms with Crippen molar-refractivity contribution in [3.63, 3.8) is 0 Å². The Morgan fingerprint density at radius 1 is 1.30 bits per heavy atom. The van der Waals surface area contributed by atoms with E-state index in [1.807, 2.05) is 0 Å². The highest BCUT2D eigenvalue weighted by Gasteiger charge is 2.19. The van der Waals surface area contributed by atoms with Crippen molar-refractivity contribution in [3.8, 4) is 0 Å². The second kappa shape index (κ2) is 6.03. The Morgan fingerprint density at radius 2 is 2.00 bits per heavy atom. The van der Waals surface area contributed by atoms with E-state index in [2.05, 4.69) is 9.97 Å². The Morgan fingerprint density at radius 3 is 2.50 bits per heavy atom. The van der Waals surface area contributed by atoms with Gasteiger partial charge in [-0.1, -0.05) is 19.3 Å². The summed E-state index contributed by atoms with van der Waals surface area (Å²) in [5, 5.41) is 0. The molecule has 5 heteroatoms. The van der Waals surface area contributed by atoms with Gasteiger partial charge >= 0.3 is 5.69 Å². The van der Waals surface area contributed by atoms with Crippen molar-refractivity contribution in [3.05, 3.63) is 38.2 Å². The number of aryl methyl sites for hydroxylation is 1. The zero-order valence-corrected chi connectivity index (χ0v) is 11.9. The first-order valence-electron chi connectivity index (χ1n) is 7.02. The fourth-order valence-electron chi connectivity index (χ4n) is 2.64. The summed E-state index contributed by atoms with van der Waals surface area (Å²) >= 11 is 0. The Labute approximate surface area is 117 Å². The van der Waals surface area contributed by atoms with Crippen LogP contribution in [0.1, 0.15) is 50.3 Å². The van der Waals surface area contributed by atoms with Gasteiger partial charge in [0.25, 0.3) is 5.56 Å². The maximum Gasteiger partial charge on any atom is 0.325 e. The molecule has 5 nitrogen and oxygen atoms in total. The van der Waals surface area contributed by atoms with Gasteiger partial charge in [-0.3, -0.25) is 14.6 Å². The number of carbonyl (C=O) groups is 1. The smallest absolute Gasteiger partial charge is 0.311 e. The maximum atomic E-state index is 12.0. The van der Waals surface area contributed by atoms with Gasteiger partial charge in [-0.25, -0.2) is 4.79 Å². The number of rotatable bonds is 5. The molecule has 108 valence electrons. The minimum Gasteiger partial charge on any atom is -0.311 e. The molecule has 2 rings (SSSR count). The molecule has 1 aromatic rings. The molecular weight excluding hydrogens is 256 g/mol. The fourth-order valence-corrected chi connectivity index (χ4v) is 2.64. The number of ketones is 1. The molecule has 0 atom stereocenters. The molecule has 1 heterocycles. The van der Waals surface area contributed by atoms with Crippen LogP contribution in [-0.4, -0.2) is 15.8 Å². The molecule has 0 spiro atoms. The van der Waals surface area contributed by atoms with E-state index in [9.17, 15) is 14.4 Å². The van der Waals surface area contributed by atoms with Gasteiger partial charge in [-0.05, 0) is 44.3 Å². The lowest BCUT2D eigenvalue weighted by atomic mass is 9.80. The SMILES string of the molecule is CC(=O)/C=C(/CCC1CCC1)c1c(C)[nH]c(=O)[nH]c1=O. The number of aromatic nitrogens is 2. The summed E-state index contributed by atoms with van der Waals surface area (Å²) in [6, 6.07) is 0. The summed E-state index contributed by atoms with van der Waals surface area (Å²) in [6.07, 6.45) is 6.92. The third kappa shape index (κ3) is 3.35. The van der Waals surface area contributed by atoms with Crippen LogP contribution in [0, 0.1) is 12.8 Å². The van der Waals surface area contributed by atoms with Crippen molar-refractivity contribution < 1.29 is 4.79 Å². The third-order valence-corrected chi connectivity index (χ3v) is 3.88. The van der Waals surface area contributed by atoms with Gasteiger partial charge in [0.15, 0.2) is 5.78 Å². The Hall–Kier alpha value is -1.91.